The van der Waals surface area contributed by atoms with E-state index in [1.807, 2.05) is 30.3 Å². The Labute approximate surface area is 331 Å². The van der Waals surface area contributed by atoms with Crippen molar-refractivity contribution >= 4 is 8.32 Å². The lowest BCUT2D eigenvalue weighted by Crippen LogP contribution is -2.65. The van der Waals surface area contributed by atoms with Crippen molar-refractivity contribution in [3.05, 3.63) is 47.5 Å². The Morgan fingerprint density at radius 1 is 0.909 bits per heavy atom. The molecule has 4 saturated heterocycles. The molecule has 0 bridgehead atoms. The summed E-state index contributed by atoms with van der Waals surface area (Å²) in [5.74, 6) is 3.40. The predicted molar refractivity (Wildman–Crippen MR) is 213 cm³/mol. The number of allylic oxidation sites excluding steroid dienone is 1. The smallest absolute Gasteiger partial charge is 0.192 e. The van der Waals surface area contributed by atoms with Gasteiger partial charge in [-0.1, -0.05) is 90.4 Å². The van der Waals surface area contributed by atoms with Crippen LogP contribution < -0.4 is 0 Å². The maximum atomic E-state index is 12.1. The van der Waals surface area contributed by atoms with E-state index in [0.717, 1.165) is 44.3 Å². The molecule has 3 saturated carbocycles. The zero-order chi connectivity index (χ0) is 38.7. The van der Waals surface area contributed by atoms with E-state index >= 15 is 0 Å². The van der Waals surface area contributed by atoms with Crippen molar-refractivity contribution in [3.8, 4) is 0 Å². The normalized spacial score (nSPS) is 49.7. The van der Waals surface area contributed by atoms with E-state index in [2.05, 4.69) is 67.6 Å². The molecule has 1 spiro atoms. The first-order chi connectivity index (χ1) is 26.0. The van der Waals surface area contributed by atoms with Crippen LogP contribution in [0, 0.1) is 46.3 Å². The van der Waals surface area contributed by atoms with Gasteiger partial charge in [-0.15, -0.1) is 0 Å². The molecule has 0 amide bonds. The number of fused-ring (bicyclic) bond motifs is 8. The summed E-state index contributed by atoms with van der Waals surface area (Å²) in [7, 11) is -2.30. The van der Waals surface area contributed by atoms with Crippen LogP contribution in [0.15, 0.2) is 42.0 Å². The Balaban J connectivity index is 0.894. The average molecular weight is 779 g/mol. The molecule has 1 aromatic rings. The van der Waals surface area contributed by atoms with Crippen molar-refractivity contribution < 1.29 is 38.0 Å². The maximum Gasteiger partial charge on any atom is 0.192 e. The first kappa shape index (κ1) is 39.3. The minimum atomic E-state index is -2.30. The highest BCUT2D eigenvalue weighted by Gasteiger charge is 2.69. The molecule has 4 aliphatic carbocycles. The fourth-order valence-corrected chi connectivity index (χ4v) is 14.4. The summed E-state index contributed by atoms with van der Waals surface area (Å²) in [6.07, 6.45) is 9.28. The fourth-order valence-electron chi connectivity index (χ4n) is 13.1. The van der Waals surface area contributed by atoms with Crippen LogP contribution >= 0.6 is 0 Å². The molecule has 4 aliphatic heterocycles. The van der Waals surface area contributed by atoms with Gasteiger partial charge >= 0.3 is 0 Å². The summed E-state index contributed by atoms with van der Waals surface area (Å²) in [6, 6.07) is 10.0. The number of aliphatic hydroxyl groups excluding tert-OH is 1. The van der Waals surface area contributed by atoms with Gasteiger partial charge in [-0.05, 0) is 110 Å². The van der Waals surface area contributed by atoms with Gasteiger partial charge in [0, 0.05) is 17.9 Å². The molecule has 306 valence electrons. The Bertz CT molecular complexity index is 1590. The Morgan fingerprint density at radius 3 is 2.42 bits per heavy atom. The number of benzene rings is 1. The van der Waals surface area contributed by atoms with Crippen molar-refractivity contribution in [2.24, 2.45) is 46.3 Å². The van der Waals surface area contributed by atoms with Crippen molar-refractivity contribution in [2.75, 3.05) is 13.2 Å². The van der Waals surface area contributed by atoms with Gasteiger partial charge in [-0.2, -0.15) is 0 Å². The van der Waals surface area contributed by atoms with E-state index < -0.39 is 45.3 Å². The minimum absolute atomic E-state index is 0.0218. The SMILES string of the molecule is C[C@@H]1CC[C@@]2(OC1)O[C@H]1C[C@H]3[C@@H]4CC=C5C[C@@H](O[C@@H]6O[C@@H]7CO[C@@H](c8ccccc8)O[C@H]7[C@H](O[Si](C)(C)C(C)(C)C)[C@H]6O)CC[C@]5(C)[C@H]4CC[C@]3(C)[C@H]1[C@@H]2C. The van der Waals surface area contributed by atoms with Gasteiger partial charge in [0.05, 0.1) is 25.4 Å². The summed E-state index contributed by atoms with van der Waals surface area (Å²) in [4.78, 5) is 0. The summed E-state index contributed by atoms with van der Waals surface area (Å²) in [6.45, 7) is 22.3. The lowest BCUT2D eigenvalue weighted by Gasteiger charge is -2.59. The van der Waals surface area contributed by atoms with E-state index in [0.29, 0.717) is 53.6 Å². The molecule has 9 heteroatoms. The van der Waals surface area contributed by atoms with Crippen molar-refractivity contribution in [1.29, 1.82) is 0 Å². The van der Waals surface area contributed by atoms with Crippen LogP contribution in [0.25, 0.3) is 0 Å². The average Bonchev–Trinajstić information content (AvgIpc) is 3.60. The molecular formula is C46H70O8Si. The monoisotopic (exact) mass is 778 g/mol. The lowest BCUT2D eigenvalue weighted by atomic mass is 9.47. The molecule has 7 fully saturated rings. The molecule has 8 nitrogen and oxygen atoms in total. The molecule has 1 aromatic carbocycles. The predicted octanol–water partition coefficient (Wildman–Crippen LogP) is 9.33. The van der Waals surface area contributed by atoms with E-state index in [-0.39, 0.29) is 22.3 Å². The standard InChI is InChI=1S/C46H70O8Si/c1-27-17-22-46(49-25-27)28(2)37-35(53-46)24-34-32-16-15-30-23-31(18-20-44(30,6)33(32)19-21-45(34,37)7)50-42-38(47)40(54-55(8,9)43(3,4)5)39-36(51-42)26-48-41(52-39)29-13-11-10-12-14-29/h10-15,27-28,31-42,47H,16-26H2,1-9H3/t27-,28+,31+,32-,33+,34+,35+,36-,37+,38-,39-,40-,41-,42-,44+,45+,46-/m1/s1. The molecule has 8 aliphatic rings. The third-order valence-corrected chi connectivity index (χ3v) is 21.7. The highest BCUT2D eigenvalue weighted by molar-refractivity contribution is 6.74. The fraction of sp³-hybridized carbons (Fsp3) is 0.826. The van der Waals surface area contributed by atoms with Gasteiger partial charge in [0.1, 0.15) is 24.4 Å². The first-order valence-electron chi connectivity index (χ1n) is 22.0. The zero-order valence-corrected chi connectivity index (χ0v) is 36.1. The first-order valence-corrected chi connectivity index (χ1v) is 24.9. The second-order valence-corrected chi connectivity index (χ2v) is 26.1. The minimum Gasteiger partial charge on any atom is -0.408 e. The lowest BCUT2D eigenvalue weighted by molar-refractivity contribution is -0.365. The number of ether oxygens (including phenoxy) is 6. The van der Waals surface area contributed by atoms with Crippen LogP contribution in [0.4, 0.5) is 0 Å². The van der Waals surface area contributed by atoms with Gasteiger partial charge in [-0.3, -0.25) is 0 Å². The van der Waals surface area contributed by atoms with Crippen LogP contribution in [0.1, 0.15) is 118 Å². The summed E-state index contributed by atoms with van der Waals surface area (Å²) < 4.78 is 46.9. The van der Waals surface area contributed by atoms with Crippen molar-refractivity contribution in [3.63, 3.8) is 0 Å². The molecule has 1 N–H and O–H groups in total. The quantitative estimate of drug-likeness (QED) is 0.234. The van der Waals surface area contributed by atoms with E-state index in [9.17, 15) is 5.11 Å². The molecule has 9 rings (SSSR count). The number of aliphatic hydroxyl groups is 1. The largest absolute Gasteiger partial charge is 0.408 e. The topological polar surface area (TPSA) is 84.8 Å². The second-order valence-electron chi connectivity index (χ2n) is 21.3. The molecule has 55 heavy (non-hydrogen) atoms. The van der Waals surface area contributed by atoms with Crippen LogP contribution in [0.5, 0.6) is 0 Å². The number of rotatable bonds is 5. The molecule has 0 radical (unpaired) electrons. The highest BCUT2D eigenvalue weighted by Crippen LogP contribution is 2.70. The van der Waals surface area contributed by atoms with Gasteiger partial charge in [0.2, 0.25) is 0 Å². The number of hydrogen-bond acceptors (Lipinski definition) is 8. The zero-order valence-electron chi connectivity index (χ0n) is 35.1. The Hall–Kier alpha value is -1.14. The summed E-state index contributed by atoms with van der Waals surface area (Å²) in [5, 5.41) is 12.1. The van der Waals surface area contributed by atoms with Gasteiger partial charge in [0.15, 0.2) is 26.7 Å². The van der Waals surface area contributed by atoms with Gasteiger partial charge in [0.25, 0.3) is 0 Å². The molecule has 0 unspecified atom stereocenters. The second kappa shape index (κ2) is 14.0. The van der Waals surface area contributed by atoms with Crippen molar-refractivity contribution in [1.82, 2.24) is 0 Å². The van der Waals surface area contributed by atoms with E-state index in [4.69, 9.17) is 32.8 Å². The maximum absolute atomic E-state index is 12.1. The highest BCUT2D eigenvalue weighted by atomic mass is 28.4. The van der Waals surface area contributed by atoms with Crippen LogP contribution in [0.2, 0.25) is 18.1 Å². The Morgan fingerprint density at radius 2 is 1.69 bits per heavy atom. The van der Waals surface area contributed by atoms with E-state index in [1.165, 1.54) is 25.7 Å². The molecule has 17 atom stereocenters. The molecule has 4 heterocycles. The van der Waals surface area contributed by atoms with Crippen LogP contribution in [-0.2, 0) is 32.8 Å². The third-order valence-electron chi connectivity index (χ3n) is 17.3. The summed E-state index contributed by atoms with van der Waals surface area (Å²) in [5.41, 5.74) is 3.01. The van der Waals surface area contributed by atoms with Gasteiger partial charge < -0.3 is 38.0 Å². The number of hydrogen-bond donors (Lipinski definition) is 1. The van der Waals surface area contributed by atoms with Crippen LogP contribution in [0.3, 0.4) is 0 Å². The van der Waals surface area contributed by atoms with E-state index in [1.54, 1.807) is 5.57 Å². The van der Waals surface area contributed by atoms with Crippen molar-refractivity contribution in [2.45, 2.75) is 179 Å². The Kier molecular flexibility index (Phi) is 9.99. The molecular weight excluding hydrogens is 709 g/mol. The third kappa shape index (κ3) is 6.43. The van der Waals surface area contributed by atoms with Gasteiger partial charge in [-0.25, -0.2) is 0 Å². The molecule has 0 aromatic heterocycles. The summed E-state index contributed by atoms with van der Waals surface area (Å²) >= 11 is 0. The van der Waals surface area contributed by atoms with Crippen LogP contribution in [-0.4, -0.2) is 75.3 Å².